The van der Waals surface area contributed by atoms with Crippen LogP contribution in [-0.4, -0.2) is 52.8 Å². The van der Waals surface area contributed by atoms with E-state index in [1.807, 2.05) is 0 Å². The first-order valence-corrected chi connectivity index (χ1v) is 7.50. The molecule has 7 heteroatoms. The molecule has 5 atom stereocenters. The SMILES string of the molecule is CC(=O)OC1C(C2OC2C(C)(C)O)=CC(=O)C(C)C1OC(C)=O. The van der Waals surface area contributed by atoms with Crippen molar-refractivity contribution in [3.63, 3.8) is 0 Å². The van der Waals surface area contributed by atoms with Gasteiger partial charge in [-0.3, -0.25) is 14.4 Å². The molecule has 7 nitrogen and oxygen atoms in total. The molecule has 0 amide bonds. The van der Waals surface area contributed by atoms with Crippen molar-refractivity contribution in [3.8, 4) is 0 Å². The summed E-state index contributed by atoms with van der Waals surface area (Å²) in [6.07, 6.45) is -1.49. The van der Waals surface area contributed by atoms with Gasteiger partial charge in [-0.25, -0.2) is 0 Å². The minimum absolute atomic E-state index is 0.236. The molecule has 0 saturated carbocycles. The molecule has 0 radical (unpaired) electrons. The molecule has 2 aliphatic rings. The van der Waals surface area contributed by atoms with Crippen LogP contribution in [0.15, 0.2) is 11.6 Å². The largest absolute Gasteiger partial charge is 0.457 e. The molecule has 0 bridgehead atoms. The topological polar surface area (TPSA) is 102 Å². The molecule has 0 spiro atoms. The lowest BCUT2D eigenvalue weighted by Gasteiger charge is -2.34. The van der Waals surface area contributed by atoms with Crippen LogP contribution in [0.2, 0.25) is 0 Å². The molecule has 1 heterocycles. The third-order valence-electron chi connectivity index (χ3n) is 3.99. The molecule has 0 aromatic carbocycles. The summed E-state index contributed by atoms with van der Waals surface area (Å²) >= 11 is 0. The number of carbonyl (C=O) groups is 3. The number of epoxide rings is 1. The van der Waals surface area contributed by atoms with Crippen LogP contribution in [0.4, 0.5) is 0 Å². The summed E-state index contributed by atoms with van der Waals surface area (Å²) in [5.41, 5.74) is -0.684. The average Bonchev–Trinajstić information content (AvgIpc) is 3.17. The van der Waals surface area contributed by atoms with Gasteiger partial charge in [-0.05, 0) is 19.9 Å². The highest BCUT2D eigenvalue weighted by Crippen LogP contribution is 2.42. The molecule has 5 unspecified atom stereocenters. The van der Waals surface area contributed by atoms with Gasteiger partial charge in [-0.1, -0.05) is 6.92 Å². The molecule has 0 aromatic heterocycles. The summed E-state index contributed by atoms with van der Waals surface area (Å²) in [4.78, 5) is 35.0. The second-order valence-electron chi connectivity index (χ2n) is 6.57. The summed E-state index contributed by atoms with van der Waals surface area (Å²) in [7, 11) is 0. The van der Waals surface area contributed by atoms with E-state index in [1.165, 1.54) is 19.9 Å². The predicted molar refractivity (Wildman–Crippen MR) is 78.3 cm³/mol. The van der Waals surface area contributed by atoms with Crippen molar-refractivity contribution in [1.82, 2.24) is 0 Å². The average molecular weight is 326 g/mol. The summed E-state index contributed by atoms with van der Waals surface area (Å²) in [6, 6.07) is 0. The van der Waals surface area contributed by atoms with Crippen LogP contribution >= 0.6 is 0 Å². The van der Waals surface area contributed by atoms with E-state index in [9.17, 15) is 19.5 Å². The fourth-order valence-electron chi connectivity index (χ4n) is 2.81. The van der Waals surface area contributed by atoms with Gasteiger partial charge >= 0.3 is 11.9 Å². The maximum atomic E-state index is 12.2. The van der Waals surface area contributed by atoms with Crippen LogP contribution in [0.5, 0.6) is 0 Å². The zero-order chi connectivity index (χ0) is 17.5. The van der Waals surface area contributed by atoms with Crippen molar-refractivity contribution < 1.29 is 33.7 Å². The number of carbonyl (C=O) groups excluding carboxylic acids is 3. The van der Waals surface area contributed by atoms with Crippen LogP contribution in [0.25, 0.3) is 0 Å². The van der Waals surface area contributed by atoms with Crippen LogP contribution in [-0.2, 0) is 28.6 Å². The third-order valence-corrected chi connectivity index (χ3v) is 3.99. The first-order chi connectivity index (χ1) is 10.5. The minimum atomic E-state index is -1.10. The number of esters is 2. The Labute approximate surface area is 134 Å². The highest BCUT2D eigenvalue weighted by molar-refractivity contribution is 5.94. The maximum absolute atomic E-state index is 12.2. The number of hydrogen-bond acceptors (Lipinski definition) is 7. The van der Waals surface area contributed by atoms with Gasteiger partial charge in [0.25, 0.3) is 0 Å². The maximum Gasteiger partial charge on any atom is 0.303 e. The summed E-state index contributed by atoms with van der Waals surface area (Å²) < 4.78 is 16.0. The van der Waals surface area contributed by atoms with Crippen LogP contribution in [0, 0.1) is 5.92 Å². The van der Waals surface area contributed by atoms with E-state index < -0.39 is 47.9 Å². The van der Waals surface area contributed by atoms with E-state index in [4.69, 9.17) is 14.2 Å². The zero-order valence-corrected chi connectivity index (χ0v) is 13.9. The van der Waals surface area contributed by atoms with Crippen LogP contribution in [0.3, 0.4) is 0 Å². The Bertz CT molecular complexity index is 557. The Kier molecular flexibility index (Phi) is 4.64. The van der Waals surface area contributed by atoms with E-state index >= 15 is 0 Å². The fourth-order valence-corrected chi connectivity index (χ4v) is 2.81. The first kappa shape index (κ1) is 17.6. The van der Waals surface area contributed by atoms with Gasteiger partial charge in [0.2, 0.25) is 0 Å². The highest BCUT2D eigenvalue weighted by Gasteiger charge is 2.56. The van der Waals surface area contributed by atoms with Crippen molar-refractivity contribution in [3.05, 3.63) is 11.6 Å². The molecule has 2 rings (SSSR count). The zero-order valence-electron chi connectivity index (χ0n) is 13.9. The van der Waals surface area contributed by atoms with Crippen LogP contribution in [0.1, 0.15) is 34.6 Å². The Morgan fingerprint density at radius 1 is 1.22 bits per heavy atom. The van der Waals surface area contributed by atoms with Gasteiger partial charge < -0.3 is 19.3 Å². The van der Waals surface area contributed by atoms with E-state index in [0.29, 0.717) is 5.57 Å². The fraction of sp³-hybridized carbons (Fsp3) is 0.688. The number of ketones is 1. The molecule has 1 fully saturated rings. The second kappa shape index (κ2) is 6.05. The second-order valence-corrected chi connectivity index (χ2v) is 6.57. The Balaban J connectivity index is 2.33. The Morgan fingerprint density at radius 2 is 1.78 bits per heavy atom. The Hall–Kier alpha value is -1.73. The molecular weight excluding hydrogens is 304 g/mol. The number of allylic oxidation sites excluding steroid dienone is 1. The van der Waals surface area contributed by atoms with E-state index in [-0.39, 0.29) is 5.78 Å². The summed E-state index contributed by atoms with van der Waals surface area (Å²) in [5.74, 6) is -1.99. The normalized spacial score (nSPS) is 33.7. The predicted octanol–water partition coefficient (Wildman–Crippen LogP) is 0.533. The monoisotopic (exact) mass is 326 g/mol. The summed E-state index contributed by atoms with van der Waals surface area (Å²) in [5, 5.41) is 10.0. The molecule has 1 saturated heterocycles. The smallest absolute Gasteiger partial charge is 0.303 e. The number of hydrogen-bond donors (Lipinski definition) is 1. The molecule has 128 valence electrons. The van der Waals surface area contributed by atoms with Gasteiger partial charge in [0, 0.05) is 19.4 Å². The first-order valence-electron chi connectivity index (χ1n) is 7.50. The minimum Gasteiger partial charge on any atom is -0.457 e. The lowest BCUT2D eigenvalue weighted by atomic mass is 9.81. The molecular formula is C16H22O7. The van der Waals surface area contributed by atoms with Crippen molar-refractivity contribution in [2.24, 2.45) is 5.92 Å². The quantitative estimate of drug-likeness (QED) is 0.594. The van der Waals surface area contributed by atoms with Crippen molar-refractivity contribution in [2.75, 3.05) is 0 Å². The van der Waals surface area contributed by atoms with E-state index in [1.54, 1.807) is 20.8 Å². The molecule has 0 aromatic rings. The van der Waals surface area contributed by atoms with Gasteiger partial charge in [-0.15, -0.1) is 0 Å². The van der Waals surface area contributed by atoms with Crippen molar-refractivity contribution >= 4 is 17.7 Å². The number of aliphatic hydroxyl groups is 1. The summed E-state index contributed by atoms with van der Waals surface area (Å²) in [6.45, 7) is 7.27. The standard InChI is InChI=1S/C16H22O7/c1-7-11(19)6-10(14-15(23-14)16(4,5)20)13(22-9(3)18)12(7)21-8(2)17/h6-7,12-15,20H,1-5H3. The molecule has 1 aliphatic heterocycles. The molecule has 1 aliphatic carbocycles. The Morgan fingerprint density at radius 3 is 2.22 bits per heavy atom. The van der Waals surface area contributed by atoms with Crippen molar-refractivity contribution in [1.29, 1.82) is 0 Å². The van der Waals surface area contributed by atoms with E-state index in [2.05, 4.69) is 0 Å². The number of rotatable bonds is 4. The van der Waals surface area contributed by atoms with E-state index in [0.717, 1.165) is 0 Å². The highest BCUT2D eigenvalue weighted by atomic mass is 16.6. The molecule has 23 heavy (non-hydrogen) atoms. The van der Waals surface area contributed by atoms with Gasteiger partial charge in [0.05, 0.1) is 11.5 Å². The van der Waals surface area contributed by atoms with Crippen LogP contribution < -0.4 is 0 Å². The lowest BCUT2D eigenvalue weighted by molar-refractivity contribution is -0.168. The van der Waals surface area contributed by atoms with Gasteiger partial charge in [0.1, 0.15) is 12.2 Å². The van der Waals surface area contributed by atoms with Gasteiger partial charge in [-0.2, -0.15) is 0 Å². The lowest BCUT2D eigenvalue weighted by Crippen LogP contribution is -2.47. The van der Waals surface area contributed by atoms with Gasteiger partial charge in [0.15, 0.2) is 18.0 Å². The third kappa shape index (κ3) is 3.79. The molecule has 1 N–H and O–H groups in total. The number of ether oxygens (including phenoxy) is 3. The van der Waals surface area contributed by atoms with Crippen molar-refractivity contribution in [2.45, 2.75) is 64.6 Å².